The molecule has 0 atom stereocenters. The number of nitrogens with zero attached hydrogens (tertiary/aromatic N) is 3. The van der Waals surface area contributed by atoms with Crippen LogP contribution in [0.3, 0.4) is 0 Å². The van der Waals surface area contributed by atoms with Crippen LogP contribution >= 0.6 is 11.3 Å². The number of piperidine rings is 1. The smallest absolute Gasteiger partial charge is 0.289 e. The molecular weight excluding hydrogens is 358 g/mol. The second-order valence-corrected chi connectivity index (χ2v) is 8.65. The third kappa shape index (κ3) is 5.00. The molecule has 2 saturated heterocycles. The number of furan rings is 1. The van der Waals surface area contributed by atoms with Gasteiger partial charge in [-0.3, -0.25) is 14.6 Å². The zero-order valence-corrected chi connectivity index (χ0v) is 16.8. The highest BCUT2D eigenvalue weighted by Crippen LogP contribution is 2.21. The molecule has 0 unspecified atom stereocenters. The topological polar surface area (TPSA) is 39.9 Å². The first-order valence-electron chi connectivity index (χ1n) is 10.1. The van der Waals surface area contributed by atoms with Gasteiger partial charge in [-0.15, -0.1) is 11.3 Å². The van der Waals surface area contributed by atoms with Crippen molar-refractivity contribution in [2.45, 2.75) is 38.8 Å². The molecule has 146 valence electrons. The molecule has 4 heterocycles. The lowest BCUT2D eigenvalue weighted by Crippen LogP contribution is -2.34. The molecule has 0 spiro atoms. The van der Waals surface area contributed by atoms with Crippen molar-refractivity contribution >= 4 is 17.2 Å². The quantitative estimate of drug-likeness (QED) is 0.785. The molecule has 4 rings (SSSR count). The van der Waals surface area contributed by atoms with Gasteiger partial charge in [-0.05, 0) is 61.5 Å². The lowest BCUT2D eigenvalue weighted by molar-refractivity contribution is 0.0729. The molecule has 0 N–H and O–H groups in total. The average molecular weight is 388 g/mol. The molecule has 2 aliphatic rings. The van der Waals surface area contributed by atoms with E-state index >= 15 is 0 Å². The molecule has 0 saturated carbocycles. The maximum Gasteiger partial charge on any atom is 0.289 e. The molecule has 2 aromatic rings. The van der Waals surface area contributed by atoms with Gasteiger partial charge in [0, 0.05) is 44.1 Å². The molecule has 2 aliphatic heterocycles. The van der Waals surface area contributed by atoms with Crippen molar-refractivity contribution in [3.05, 3.63) is 46.0 Å². The Morgan fingerprint density at radius 3 is 2.59 bits per heavy atom. The summed E-state index contributed by atoms with van der Waals surface area (Å²) in [4.78, 5) is 20.9. The standard InChI is InChI=1S/C21H29N3O2S/c25-21(20-6-4-13-26-20)24-10-5-9-23(11-12-24)16-19-14-18(17-27-19)15-22-7-2-1-3-8-22/h4,6,13-14,17H,1-3,5,7-12,15-16H2. The second kappa shape index (κ2) is 9.04. The van der Waals surface area contributed by atoms with Crippen LogP contribution in [0, 0.1) is 0 Å². The minimum atomic E-state index is 0.0155. The highest BCUT2D eigenvalue weighted by molar-refractivity contribution is 7.10. The molecule has 2 aromatic heterocycles. The van der Waals surface area contributed by atoms with Gasteiger partial charge in [0.1, 0.15) is 0 Å². The van der Waals surface area contributed by atoms with E-state index in [0.717, 1.165) is 45.7 Å². The summed E-state index contributed by atoms with van der Waals surface area (Å²) in [5.74, 6) is 0.464. The zero-order valence-electron chi connectivity index (χ0n) is 15.9. The summed E-state index contributed by atoms with van der Waals surface area (Å²) < 4.78 is 5.27. The Hall–Kier alpha value is -1.63. The number of hydrogen-bond acceptors (Lipinski definition) is 5. The van der Waals surface area contributed by atoms with E-state index in [4.69, 9.17) is 4.42 Å². The first-order valence-corrected chi connectivity index (χ1v) is 11.0. The predicted molar refractivity (Wildman–Crippen MR) is 108 cm³/mol. The van der Waals surface area contributed by atoms with Gasteiger partial charge in [0.25, 0.3) is 5.91 Å². The Balaban J connectivity index is 1.28. The monoisotopic (exact) mass is 387 g/mol. The Morgan fingerprint density at radius 2 is 1.78 bits per heavy atom. The fraction of sp³-hybridized carbons (Fsp3) is 0.571. The molecule has 1 amide bonds. The summed E-state index contributed by atoms with van der Waals surface area (Å²) in [5, 5.41) is 2.33. The number of hydrogen-bond donors (Lipinski definition) is 0. The Bertz CT molecular complexity index is 722. The lowest BCUT2D eigenvalue weighted by Gasteiger charge is -2.25. The summed E-state index contributed by atoms with van der Waals surface area (Å²) in [6, 6.07) is 5.91. The van der Waals surface area contributed by atoms with Crippen LogP contribution in [0.1, 0.15) is 46.7 Å². The number of likely N-dealkylation sites (tertiary alicyclic amines) is 1. The molecule has 2 fully saturated rings. The van der Waals surface area contributed by atoms with Crippen LogP contribution in [0.4, 0.5) is 0 Å². The zero-order chi connectivity index (χ0) is 18.5. The molecule has 27 heavy (non-hydrogen) atoms. The van der Waals surface area contributed by atoms with E-state index in [2.05, 4.69) is 21.2 Å². The number of rotatable bonds is 5. The van der Waals surface area contributed by atoms with E-state index in [-0.39, 0.29) is 5.91 Å². The summed E-state index contributed by atoms with van der Waals surface area (Å²) in [6.45, 7) is 8.13. The molecule has 6 heteroatoms. The lowest BCUT2D eigenvalue weighted by atomic mass is 10.1. The van der Waals surface area contributed by atoms with Crippen molar-refractivity contribution < 1.29 is 9.21 Å². The van der Waals surface area contributed by atoms with Crippen LogP contribution in [0.25, 0.3) is 0 Å². The Morgan fingerprint density at radius 1 is 0.963 bits per heavy atom. The molecule has 0 radical (unpaired) electrons. The normalized spacial score (nSPS) is 19.9. The van der Waals surface area contributed by atoms with Gasteiger partial charge >= 0.3 is 0 Å². The van der Waals surface area contributed by atoms with Crippen molar-refractivity contribution in [1.82, 2.24) is 14.7 Å². The van der Waals surface area contributed by atoms with E-state index in [0.29, 0.717) is 5.76 Å². The first-order chi connectivity index (χ1) is 13.3. The predicted octanol–water partition coefficient (Wildman–Crippen LogP) is 3.68. The van der Waals surface area contributed by atoms with Crippen molar-refractivity contribution in [1.29, 1.82) is 0 Å². The summed E-state index contributed by atoms with van der Waals surface area (Å²) >= 11 is 1.88. The average Bonchev–Trinajstić information content (AvgIpc) is 3.31. The van der Waals surface area contributed by atoms with E-state index in [9.17, 15) is 4.79 Å². The SMILES string of the molecule is O=C(c1ccco1)N1CCCN(Cc2cc(CN3CCCCC3)cs2)CC1. The van der Waals surface area contributed by atoms with Gasteiger partial charge in [0.2, 0.25) is 0 Å². The van der Waals surface area contributed by atoms with E-state index in [1.807, 2.05) is 16.2 Å². The molecule has 0 bridgehead atoms. The fourth-order valence-electron chi connectivity index (χ4n) is 4.08. The number of thiophene rings is 1. The molecular formula is C21H29N3O2S. The molecule has 5 nitrogen and oxygen atoms in total. The van der Waals surface area contributed by atoms with Gasteiger partial charge in [0.05, 0.1) is 6.26 Å². The van der Waals surface area contributed by atoms with E-state index in [1.165, 1.54) is 42.8 Å². The second-order valence-electron chi connectivity index (χ2n) is 7.66. The van der Waals surface area contributed by atoms with Gasteiger partial charge in [-0.1, -0.05) is 6.42 Å². The van der Waals surface area contributed by atoms with Gasteiger partial charge in [-0.2, -0.15) is 0 Å². The minimum absolute atomic E-state index is 0.0155. The molecule has 0 aromatic carbocycles. The van der Waals surface area contributed by atoms with Crippen molar-refractivity contribution in [2.24, 2.45) is 0 Å². The first kappa shape index (κ1) is 18.7. The van der Waals surface area contributed by atoms with Crippen molar-refractivity contribution in [3.8, 4) is 0 Å². The van der Waals surface area contributed by atoms with Crippen LogP contribution in [0.5, 0.6) is 0 Å². The summed E-state index contributed by atoms with van der Waals surface area (Å²) in [7, 11) is 0. The largest absolute Gasteiger partial charge is 0.459 e. The third-order valence-corrected chi connectivity index (χ3v) is 6.52. The van der Waals surface area contributed by atoms with Crippen LogP contribution in [-0.2, 0) is 13.1 Å². The molecule has 0 aliphatic carbocycles. The van der Waals surface area contributed by atoms with Crippen LogP contribution in [-0.4, -0.2) is 59.9 Å². The maximum atomic E-state index is 12.5. The van der Waals surface area contributed by atoms with Gasteiger partial charge in [-0.25, -0.2) is 0 Å². The fourth-order valence-corrected chi connectivity index (χ4v) is 5.00. The third-order valence-electron chi connectivity index (χ3n) is 5.55. The van der Waals surface area contributed by atoms with E-state index in [1.54, 1.807) is 18.4 Å². The Kier molecular flexibility index (Phi) is 6.27. The van der Waals surface area contributed by atoms with Crippen LogP contribution in [0.15, 0.2) is 34.3 Å². The Labute approximate surface area is 165 Å². The van der Waals surface area contributed by atoms with Crippen molar-refractivity contribution in [2.75, 3.05) is 39.3 Å². The number of carbonyl (C=O) groups is 1. The summed E-state index contributed by atoms with van der Waals surface area (Å²) in [6.07, 6.45) is 6.66. The van der Waals surface area contributed by atoms with E-state index < -0.39 is 0 Å². The summed E-state index contributed by atoms with van der Waals surface area (Å²) in [5.41, 5.74) is 1.46. The maximum absolute atomic E-state index is 12.5. The van der Waals surface area contributed by atoms with Gasteiger partial charge in [0.15, 0.2) is 5.76 Å². The number of carbonyl (C=O) groups excluding carboxylic acids is 1. The van der Waals surface area contributed by atoms with Crippen LogP contribution in [0.2, 0.25) is 0 Å². The van der Waals surface area contributed by atoms with Crippen molar-refractivity contribution in [3.63, 3.8) is 0 Å². The minimum Gasteiger partial charge on any atom is -0.459 e. The highest BCUT2D eigenvalue weighted by Gasteiger charge is 2.22. The van der Waals surface area contributed by atoms with Gasteiger partial charge < -0.3 is 9.32 Å². The highest BCUT2D eigenvalue weighted by atomic mass is 32.1. The number of amides is 1. The van der Waals surface area contributed by atoms with Crippen LogP contribution < -0.4 is 0 Å².